The van der Waals surface area contributed by atoms with Crippen LogP contribution in [-0.4, -0.2) is 29.1 Å². The van der Waals surface area contributed by atoms with E-state index in [1.54, 1.807) is 12.1 Å². The van der Waals surface area contributed by atoms with Crippen LogP contribution in [0, 0.1) is 11.3 Å². The molecule has 0 spiro atoms. The summed E-state index contributed by atoms with van der Waals surface area (Å²) in [5.41, 5.74) is 8.56. The molecule has 1 fully saturated rings. The summed E-state index contributed by atoms with van der Waals surface area (Å²) in [5.74, 6) is 1.49. The first-order valence-electron chi connectivity index (χ1n) is 8.83. The third kappa shape index (κ3) is 6.24. The molecule has 6 nitrogen and oxygen atoms in total. The van der Waals surface area contributed by atoms with Gasteiger partial charge in [0.15, 0.2) is 0 Å². The van der Waals surface area contributed by atoms with E-state index in [1.165, 1.54) is 0 Å². The van der Waals surface area contributed by atoms with Crippen LogP contribution in [0.4, 0.5) is 17.5 Å². The number of aromatic nitrogens is 2. The molecule has 1 atom stereocenters. The van der Waals surface area contributed by atoms with Crippen LogP contribution >= 0.6 is 24.8 Å². The molecule has 3 N–H and O–H groups in total. The van der Waals surface area contributed by atoms with Gasteiger partial charge in [-0.1, -0.05) is 19.4 Å². The molecule has 0 saturated carbocycles. The van der Waals surface area contributed by atoms with Crippen LogP contribution in [0.1, 0.15) is 37.4 Å². The number of nitrogens with zero attached hydrogens (tertiary/aromatic N) is 4. The van der Waals surface area contributed by atoms with Crippen molar-refractivity contribution in [1.82, 2.24) is 9.97 Å². The Morgan fingerprint density at radius 3 is 2.81 bits per heavy atom. The Labute approximate surface area is 173 Å². The van der Waals surface area contributed by atoms with Crippen molar-refractivity contribution in [2.75, 3.05) is 23.3 Å². The van der Waals surface area contributed by atoms with Crippen LogP contribution in [-0.2, 0) is 6.42 Å². The maximum Gasteiger partial charge on any atom is 0.229 e. The summed E-state index contributed by atoms with van der Waals surface area (Å²) < 4.78 is 0. The van der Waals surface area contributed by atoms with Gasteiger partial charge in [-0.25, -0.2) is 4.98 Å². The van der Waals surface area contributed by atoms with Crippen molar-refractivity contribution in [2.24, 2.45) is 5.73 Å². The second-order valence-electron chi connectivity index (χ2n) is 6.46. The van der Waals surface area contributed by atoms with E-state index in [9.17, 15) is 0 Å². The van der Waals surface area contributed by atoms with Crippen LogP contribution in [0.25, 0.3) is 0 Å². The molecule has 0 radical (unpaired) electrons. The van der Waals surface area contributed by atoms with Gasteiger partial charge in [-0.2, -0.15) is 10.2 Å². The van der Waals surface area contributed by atoms with Crippen molar-refractivity contribution >= 4 is 42.3 Å². The second-order valence-corrected chi connectivity index (χ2v) is 6.46. The van der Waals surface area contributed by atoms with Gasteiger partial charge < -0.3 is 16.0 Å². The fourth-order valence-corrected chi connectivity index (χ4v) is 3.10. The Bertz CT molecular complexity index is 777. The molecule has 0 bridgehead atoms. The molecule has 0 aliphatic carbocycles. The highest BCUT2D eigenvalue weighted by Crippen LogP contribution is 2.22. The molecule has 1 aromatic carbocycles. The van der Waals surface area contributed by atoms with Crippen molar-refractivity contribution in [3.8, 4) is 6.07 Å². The molecule has 1 aromatic heterocycles. The lowest BCUT2D eigenvalue weighted by molar-refractivity contribution is 0.503. The lowest BCUT2D eigenvalue weighted by Crippen LogP contribution is -2.43. The van der Waals surface area contributed by atoms with E-state index in [0.29, 0.717) is 11.5 Å². The van der Waals surface area contributed by atoms with Crippen molar-refractivity contribution in [3.63, 3.8) is 0 Å². The van der Waals surface area contributed by atoms with Gasteiger partial charge in [0.05, 0.1) is 11.6 Å². The summed E-state index contributed by atoms with van der Waals surface area (Å²) in [6.45, 7) is 3.94. The smallest absolute Gasteiger partial charge is 0.229 e. The number of benzene rings is 1. The lowest BCUT2D eigenvalue weighted by Gasteiger charge is -2.32. The monoisotopic (exact) mass is 408 g/mol. The average Bonchev–Trinajstić information content (AvgIpc) is 2.62. The minimum Gasteiger partial charge on any atom is -0.355 e. The number of piperidine rings is 1. The second kappa shape index (κ2) is 10.9. The first kappa shape index (κ1) is 23.0. The van der Waals surface area contributed by atoms with E-state index in [1.807, 2.05) is 12.1 Å². The maximum absolute atomic E-state index is 9.05. The van der Waals surface area contributed by atoms with E-state index in [2.05, 4.69) is 39.2 Å². The van der Waals surface area contributed by atoms with E-state index in [0.717, 1.165) is 56.0 Å². The van der Waals surface area contributed by atoms with Crippen LogP contribution in [0.2, 0.25) is 0 Å². The van der Waals surface area contributed by atoms with Crippen molar-refractivity contribution in [2.45, 2.75) is 38.6 Å². The number of hydrogen-bond acceptors (Lipinski definition) is 6. The minimum atomic E-state index is 0. The van der Waals surface area contributed by atoms with Gasteiger partial charge in [0.1, 0.15) is 5.82 Å². The van der Waals surface area contributed by atoms with Gasteiger partial charge in [-0.3, -0.25) is 0 Å². The largest absolute Gasteiger partial charge is 0.355 e. The lowest BCUT2D eigenvalue weighted by atomic mass is 10.1. The highest BCUT2D eigenvalue weighted by Gasteiger charge is 2.19. The molecule has 3 rings (SSSR count). The maximum atomic E-state index is 9.05. The Morgan fingerprint density at radius 2 is 2.11 bits per heavy atom. The number of nitrogens with two attached hydrogens (primary N) is 1. The third-order valence-corrected chi connectivity index (χ3v) is 4.30. The summed E-state index contributed by atoms with van der Waals surface area (Å²) in [5, 5.41) is 12.3. The SMILES string of the molecule is CCCc1cc(N2CCC[C@H](N)C2)nc(Nc2cccc(C#N)c2)n1.Cl.Cl. The van der Waals surface area contributed by atoms with E-state index >= 15 is 0 Å². The molecule has 1 aliphatic heterocycles. The van der Waals surface area contributed by atoms with E-state index in [4.69, 9.17) is 11.0 Å². The zero-order chi connectivity index (χ0) is 17.6. The first-order chi connectivity index (χ1) is 12.2. The quantitative estimate of drug-likeness (QED) is 0.780. The first-order valence-corrected chi connectivity index (χ1v) is 8.83. The van der Waals surface area contributed by atoms with Crippen molar-refractivity contribution in [3.05, 3.63) is 41.6 Å². The van der Waals surface area contributed by atoms with Gasteiger partial charge in [-0.15, -0.1) is 24.8 Å². The molecule has 0 amide bonds. The predicted octanol–water partition coefficient (Wildman–Crippen LogP) is 3.82. The van der Waals surface area contributed by atoms with E-state index < -0.39 is 0 Å². The Kier molecular flexibility index (Phi) is 9.30. The summed E-state index contributed by atoms with van der Waals surface area (Å²) in [6, 6.07) is 11.7. The molecule has 1 aliphatic rings. The highest BCUT2D eigenvalue weighted by atomic mass is 35.5. The number of halogens is 2. The molecule has 1 saturated heterocycles. The van der Waals surface area contributed by atoms with Crippen molar-refractivity contribution in [1.29, 1.82) is 5.26 Å². The van der Waals surface area contributed by atoms with Gasteiger partial charge in [-0.05, 0) is 37.5 Å². The Balaban J connectivity index is 0.00000182. The third-order valence-electron chi connectivity index (χ3n) is 4.30. The van der Waals surface area contributed by atoms with Gasteiger partial charge in [0.25, 0.3) is 0 Å². The zero-order valence-electron chi connectivity index (χ0n) is 15.4. The van der Waals surface area contributed by atoms with Crippen LogP contribution < -0.4 is 16.0 Å². The summed E-state index contributed by atoms with van der Waals surface area (Å²) in [7, 11) is 0. The number of nitriles is 1. The molecular weight excluding hydrogens is 383 g/mol. The van der Waals surface area contributed by atoms with Crippen LogP contribution in [0.3, 0.4) is 0 Å². The number of hydrogen-bond donors (Lipinski definition) is 2. The predicted molar refractivity (Wildman–Crippen MR) is 114 cm³/mol. The number of anilines is 3. The summed E-state index contributed by atoms with van der Waals surface area (Å²) >= 11 is 0. The minimum absolute atomic E-state index is 0. The standard InChI is InChI=1S/C19H24N6.2ClH/c1-2-5-16-11-18(25-9-4-7-15(21)13-25)24-19(22-16)23-17-8-3-6-14(10-17)12-20;;/h3,6,8,10-11,15H,2,4-5,7,9,13,21H2,1H3,(H,22,23,24);2*1H/t15-;;/m0../s1. The summed E-state index contributed by atoms with van der Waals surface area (Å²) in [4.78, 5) is 11.6. The molecule has 146 valence electrons. The fourth-order valence-electron chi connectivity index (χ4n) is 3.10. The Morgan fingerprint density at radius 1 is 1.30 bits per heavy atom. The molecular formula is C19H26Cl2N6. The van der Waals surface area contributed by atoms with E-state index in [-0.39, 0.29) is 30.9 Å². The molecule has 2 heterocycles. The van der Waals surface area contributed by atoms with Gasteiger partial charge >= 0.3 is 0 Å². The zero-order valence-corrected chi connectivity index (χ0v) is 17.0. The van der Waals surface area contributed by atoms with Crippen LogP contribution in [0.15, 0.2) is 30.3 Å². The topological polar surface area (TPSA) is 90.9 Å². The molecule has 8 heteroatoms. The number of rotatable bonds is 5. The van der Waals surface area contributed by atoms with Gasteiger partial charge in [0.2, 0.25) is 5.95 Å². The molecule has 0 unspecified atom stereocenters. The van der Waals surface area contributed by atoms with Gasteiger partial charge in [0, 0.05) is 36.6 Å². The fraction of sp³-hybridized carbons (Fsp3) is 0.421. The van der Waals surface area contributed by atoms with Crippen molar-refractivity contribution < 1.29 is 0 Å². The number of nitrogens with one attached hydrogen (secondary N) is 1. The molecule has 27 heavy (non-hydrogen) atoms. The highest BCUT2D eigenvalue weighted by molar-refractivity contribution is 5.85. The molecule has 2 aromatic rings. The number of aryl methyl sites for hydroxylation is 1. The average molecular weight is 409 g/mol. The summed E-state index contributed by atoms with van der Waals surface area (Å²) in [6.07, 6.45) is 4.08. The normalized spacial score (nSPS) is 15.9. The Hall–Kier alpha value is -2.07. The van der Waals surface area contributed by atoms with Crippen LogP contribution in [0.5, 0.6) is 0 Å².